The first-order chi connectivity index (χ1) is 38.2. The molecule has 0 aliphatic carbocycles. The van der Waals surface area contributed by atoms with E-state index in [-0.39, 0.29) is 25.9 Å². The summed E-state index contributed by atoms with van der Waals surface area (Å²) in [6.45, 7) is 4.29. The summed E-state index contributed by atoms with van der Waals surface area (Å²) in [6.07, 6.45) is 74.2. The van der Waals surface area contributed by atoms with E-state index in [1.807, 2.05) is 12.2 Å². The van der Waals surface area contributed by atoms with Crippen LogP contribution < -0.4 is 0 Å². The van der Waals surface area contributed by atoms with E-state index in [4.69, 9.17) is 23.3 Å². The number of phosphoric acid groups is 1. The smallest absolute Gasteiger partial charge is 0.462 e. The van der Waals surface area contributed by atoms with Gasteiger partial charge in [-0.05, 0) is 103 Å². The van der Waals surface area contributed by atoms with Gasteiger partial charge in [0, 0.05) is 19.3 Å². The van der Waals surface area contributed by atoms with Crippen LogP contribution in [0, 0.1) is 0 Å². The van der Waals surface area contributed by atoms with Crippen molar-refractivity contribution in [1.82, 2.24) is 0 Å². The molecule has 0 aliphatic rings. The summed E-state index contributed by atoms with van der Waals surface area (Å²) in [5, 5.41) is 9.82. The van der Waals surface area contributed by atoms with Gasteiger partial charge < -0.3 is 24.2 Å². The summed E-state index contributed by atoms with van der Waals surface area (Å²) in [4.78, 5) is 48.6. The van der Waals surface area contributed by atoms with Gasteiger partial charge in [0.05, 0.1) is 19.8 Å². The Morgan fingerprint density at radius 1 is 0.372 bits per heavy atom. The third-order valence-electron chi connectivity index (χ3n) is 12.1. The number of unbranched alkanes of at least 4 members (excludes halogenated alkanes) is 15. The zero-order chi connectivity index (χ0) is 56.9. The standard InChI is InChI=1S/C66H107O11P/c1-4-7-10-13-16-19-22-25-27-29-31-33-35-38-40-43-46-49-52-55-64(68)73-59-63(77-66(70)57-54-51-48-45-42-39-36-34-32-30-28-26-23-20-17-14-11-8-5-2)61-75-78(71,72)74-60-62(58-67)76-65(69)56-53-50-47-44-41-37-24-21-18-15-12-9-6-3/h7-8,10-11,16-17,19-20,25-28,31-34,38-40,42,48,51,62-63,67H,4-6,9,12-15,18,21-24,29-30,35-37,41,43-47,49-50,52-61H2,1-3H3,(H,71,72)/b10-7-,11-8-,19-16-,20-17-,27-25-,28-26-,33-31-,34-32-,40-38-,42-39-,51-48-. The fourth-order valence-electron chi connectivity index (χ4n) is 7.58. The summed E-state index contributed by atoms with van der Waals surface area (Å²) >= 11 is 0. The van der Waals surface area contributed by atoms with Crippen molar-refractivity contribution in [3.8, 4) is 0 Å². The van der Waals surface area contributed by atoms with Crippen LogP contribution in [0.25, 0.3) is 0 Å². The highest BCUT2D eigenvalue weighted by atomic mass is 31.2. The Balaban J connectivity index is 4.91. The maximum Gasteiger partial charge on any atom is 0.472 e. The first-order valence-electron chi connectivity index (χ1n) is 30.1. The van der Waals surface area contributed by atoms with Gasteiger partial charge in [-0.25, -0.2) is 4.57 Å². The first-order valence-corrected chi connectivity index (χ1v) is 31.6. The molecule has 3 atom stereocenters. The van der Waals surface area contributed by atoms with Gasteiger partial charge in [0.1, 0.15) is 12.7 Å². The van der Waals surface area contributed by atoms with Crippen LogP contribution in [-0.2, 0) is 42.2 Å². The molecular formula is C66H107O11P. The van der Waals surface area contributed by atoms with Crippen molar-refractivity contribution in [2.75, 3.05) is 26.4 Å². The maximum absolute atomic E-state index is 12.9. The van der Waals surface area contributed by atoms with Gasteiger partial charge in [-0.2, -0.15) is 0 Å². The van der Waals surface area contributed by atoms with Gasteiger partial charge >= 0.3 is 25.7 Å². The zero-order valence-electron chi connectivity index (χ0n) is 48.8. The van der Waals surface area contributed by atoms with E-state index in [0.29, 0.717) is 25.7 Å². The molecule has 0 radical (unpaired) electrons. The van der Waals surface area contributed by atoms with Crippen molar-refractivity contribution in [1.29, 1.82) is 0 Å². The number of aliphatic hydroxyl groups excluding tert-OH is 1. The molecule has 0 heterocycles. The Bertz CT molecular complexity index is 1820. The first kappa shape index (κ1) is 73.6. The maximum atomic E-state index is 12.9. The van der Waals surface area contributed by atoms with Gasteiger partial charge in [-0.3, -0.25) is 23.4 Å². The number of allylic oxidation sites excluding steroid dienone is 22. The number of phosphoric ester groups is 1. The second kappa shape index (κ2) is 58.8. The number of esters is 3. The number of hydrogen-bond donors (Lipinski definition) is 2. The van der Waals surface area contributed by atoms with Gasteiger partial charge in [0.25, 0.3) is 0 Å². The fraction of sp³-hybridized carbons (Fsp3) is 0.621. The number of aliphatic hydroxyl groups is 1. The molecule has 2 N–H and O–H groups in total. The third-order valence-corrected chi connectivity index (χ3v) is 13.0. The van der Waals surface area contributed by atoms with Crippen molar-refractivity contribution in [3.05, 3.63) is 134 Å². The Labute approximate surface area is 474 Å². The van der Waals surface area contributed by atoms with E-state index in [1.165, 1.54) is 57.8 Å². The van der Waals surface area contributed by atoms with Crippen LogP contribution in [0.1, 0.15) is 226 Å². The van der Waals surface area contributed by atoms with Gasteiger partial charge in [-0.1, -0.05) is 238 Å². The van der Waals surface area contributed by atoms with Crippen molar-refractivity contribution >= 4 is 25.7 Å². The van der Waals surface area contributed by atoms with Crippen molar-refractivity contribution in [2.45, 2.75) is 238 Å². The lowest BCUT2D eigenvalue weighted by Crippen LogP contribution is -2.30. The molecule has 0 rings (SSSR count). The Morgan fingerprint density at radius 2 is 0.692 bits per heavy atom. The van der Waals surface area contributed by atoms with Gasteiger partial charge in [-0.15, -0.1) is 0 Å². The summed E-state index contributed by atoms with van der Waals surface area (Å²) in [6, 6.07) is 0. The SMILES string of the molecule is CC/C=C\C/C=C\C/C=C\C/C=C\C/C=C\C/C=C\CCC(=O)OC(COC(=O)CCCCC/C=C\C/C=C\C/C=C\C/C=C\C/C=C\CC)COP(=O)(O)OCC(CO)OC(=O)CCCCCCCCCCCCCCC. The van der Waals surface area contributed by atoms with E-state index < -0.39 is 57.8 Å². The van der Waals surface area contributed by atoms with Crippen molar-refractivity contribution in [2.24, 2.45) is 0 Å². The highest BCUT2D eigenvalue weighted by molar-refractivity contribution is 7.47. The van der Waals surface area contributed by atoms with Crippen molar-refractivity contribution < 1.29 is 52.2 Å². The number of rotatable bonds is 54. The Hall–Kier alpha value is -4.38. The number of ether oxygens (including phenoxy) is 3. The fourth-order valence-corrected chi connectivity index (χ4v) is 8.37. The van der Waals surface area contributed by atoms with Gasteiger partial charge in [0.2, 0.25) is 0 Å². The topological polar surface area (TPSA) is 155 Å². The number of carbonyl (C=O) groups is 3. The lowest BCUT2D eigenvalue weighted by Gasteiger charge is -2.21. The van der Waals surface area contributed by atoms with Crippen LogP contribution in [0.2, 0.25) is 0 Å². The van der Waals surface area contributed by atoms with E-state index in [2.05, 4.69) is 142 Å². The molecule has 11 nitrogen and oxygen atoms in total. The predicted molar refractivity (Wildman–Crippen MR) is 325 cm³/mol. The Kier molecular flexibility index (Phi) is 55.5. The summed E-state index contributed by atoms with van der Waals surface area (Å²) in [7, 11) is -4.78. The lowest BCUT2D eigenvalue weighted by atomic mass is 10.0. The van der Waals surface area contributed by atoms with E-state index >= 15 is 0 Å². The highest BCUT2D eigenvalue weighted by Crippen LogP contribution is 2.43. The molecule has 0 saturated heterocycles. The minimum atomic E-state index is -4.78. The molecule has 0 aliphatic heterocycles. The molecule has 0 aromatic rings. The van der Waals surface area contributed by atoms with E-state index in [0.717, 1.165) is 103 Å². The second-order valence-corrected chi connectivity index (χ2v) is 20.9. The third kappa shape index (κ3) is 56.3. The molecule has 12 heteroatoms. The molecule has 0 spiro atoms. The summed E-state index contributed by atoms with van der Waals surface area (Å²) in [5.74, 6) is -1.62. The molecular weight excluding hydrogens is 1000 g/mol. The minimum Gasteiger partial charge on any atom is -0.462 e. The van der Waals surface area contributed by atoms with Crippen LogP contribution in [0.3, 0.4) is 0 Å². The second-order valence-electron chi connectivity index (χ2n) is 19.4. The predicted octanol–water partition coefficient (Wildman–Crippen LogP) is 18.1. The summed E-state index contributed by atoms with van der Waals surface area (Å²) < 4.78 is 39.5. The van der Waals surface area contributed by atoms with Crippen LogP contribution in [-0.4, -0.2) is 66.5 Å². The largest absolute Gasteiger partial charge is 0.472 e. The molecule has 442 valence electrons. The molecule has 0 aromatic heterocycles. The average Bonchev–Trinajstić information content (AvgIpc) is 3.43. The molecule has 0 fully saturated rings. The summed E-state index contributed by atoms with van der Waals surface area (Å²) in [5.41, 5.74) is 0. The number of carbonyl (C=O) groups excluding carboxylic acids is 3. The molecule has 0 amide bonds. The number of hydrogen-bond acceptors (Lipinski definition) is 10. The van der Waals surface area contributed by atoms with Crippen LogP contribution in [0.15, 0.2) is 134 Å². The molecule has 0 bridgehead atoms. The Morgan fingerprint density at radius 3 is 1.10 bits per heavy atom. The molecule has 0 saturated carbocycles. The van der Waals surface area contributed by atoms with Crippen molar-refractivity contribution in [3.63, 3.8) is 0 Å². The molecule has 3 unspecified atom stereocenters. The molecule has 78 heavy (non-hydrogen) atoms. The minimum absolute atomic E-state index is 0.0284. The van der Waals surface area contributed by atoms with Crippen LogP contribution in [0.4, 0.5) is 0 Å². The van der Waals surface area contributed by atoms with E-state index in [1.54, 1.807) is 0 Å². The highest BCUT2D eigenvalue weighted by Gasteiger charge is 2.28. The zero-order valence-corrected chi connectivity index (χ0v) is 49.7. The quantitative estimate of drug-likeness (QED) is 0.0197. The monoisotopic (exact) mass is 1110 g/mol. The van der Waals surface area contributed by atoms with Crippen LogP contribution >= 0.6 is 7.82 Å². The average molecular weight is 1110 g/mol. The van der Waals surface area contributed by atoms with Gasteiger partial charge in [0.15, 0.2) is 6.10 Å². The normalized spacial score (nSPS) is 14.3. The van der Waals surface area contributed by atoms with Crippen LogP contribution in [0.5, 0.6) is 0 Å². The van der Waals surface area contributed by atoms with E-state index in [9.17, 15) is 28.9 Å². The molecule has 0 aromatic carbocycles. The lowest BCUT2D eigenvalue weighted by molar-refractivity contribution is -0.161.